The molecule has 4 N–H and O–H groups in total. The Bertz CT molecular complexity index is 112. The van der Waals surface area contributed by atoms with Crippen molar-refractivity contribution in [1.29, 1.82) is 0 Å². The normalized spacial score (nSPS) is 19.2. The van der Waals surface area contributed by atoms with E-state index in [1.165, 1.54) is 0 Å². The molecule has 0 saturated heterocycles. The summed E-state index contributed by atoms with van der Waals surface area (Å²) in [7, 11) is 0. The first-order valence-corrected chi connectivity index (χ1v) is 4.94. The molecule has 3 atom stereocenters. The van der Waals surface area contributed by atoms with Gasteiger partial charge in [-0.05, 0) is 36.8 Å². The molecule has 0 aromatic rings. The lowest BCUT2D eigenvalue weighted by Gasteiger charge is -2.30. The van der Waals surface area contributed by atoms with Crippen molar-refractivity contribution in [3.8, 4) is 0 Å². The van der Waals surface area contributed by atoms with Crippen molar-refractivity contribution in [3.63, 3.8) is 0 Å². The van der Waals surface area contributed by atoms with Crippen LogP contribution >= 0.6 is 0 Å². The first-order valence-electron chi connectivity index (χ1n) is 4.94. The van der Waals surface area contributed by atoms with Gasteiger partial charge in [0.05, 0.1) is 0 Å². The molecular formula is C10H24N2. The second kappa shape index (κ2) is 5.55. The molecule has 74 valence electrons. The highest BCUT2D eigenvalue weighted by Crippen LogP contribution is 2.25. The molecule has 0 amide bonds. The van der Waals surface area contributed by atoms with E-state index in [2.05, 4.69) is 27.7 Å². The lowest BCUT2D eigenvalue weighted by Crippen LogP contribution is -2.32. The highest BCUT2D eigenvalue weighted by molar-refractivity contribution is 4.74. The van der Waals surface area contributed by atoms with Gasteiger partial charge >= 0.3 is 0 Å². The molecule has 0 rings (SSSR count). The molecule has 0 aromatic carbocycles. The fraction of sp³-hybridized carbons (Fsp3) is 1.00. The van der Waals surface area contributed by atoms with Crippen molar-refractivity contribution in [1.82, 2.24) is 0 Å². The number of hydrogen-bond acceptors (Lipinski definition) is 2. The molecule has 0 spiro atoms. The minimum Gasteiger partial charge on any atom is -0.330 e. The number of nitrogens with two attached hydrogens (primary N) is 2. The van der Waals surface area contributed by atoms with Crippen LogP contribution in [0, 0.1) is 23.7 Å². The van der Waals surface area contributed by atoms with Crippen LogP contribution in [0.2, 0.25) is 0 Å². The van der Waals surface area contributed by atoms with Gasteiger partial charge in [-0.1, -0.05) is 27.7 Å². The van der Waals surface area contributed by atoms with Crippen LogP contribution in [0.25, 0.3) is 0 Å². The Hall–Kier alpha value is -0.0800. The predicted octanol–water partition coefficient (Wildman–Crippen LogP) is 1.45. The summed E-state index contributed by atoms with van der Waals surface area (Å²) >= 11 is 0. The average Bonchev–Trinajstić information content (AvgIpc) is 2.03. The van der Waals surface area contributed by atoms with Gasteiger partial charge in [-0.25, -0.2) is 0 Å². The summed E-state index contributed by atoms with van der Waals surface area (Å²) < 4.78 is 0. The van der Waals surface area contributed by atoms with Gasteiger partial charge < -0.3 is 11.5 Å². The average molecular weight is 172 g/mol. The molecular weight excluding hydrogens is 148 g/mol. The summed E-state index contributed by atoms with van der Waals surface area (Å²) in [6.07, 6.45) is 0. The molecule has 3 unspecified atom stereocenters. The highest BCUT2D eigenvalue weighted by atomic mass is 14.6. The lowest BCUT2D eigenvalue weighted by molar-refractivity contribution is 0.215. The van der Waals surface area contributed by atoms with E-state index in [1.807, 2.05) is 0 Å². The molecule has 12 heavy (non-hydrogen) atoms. The van der Waals surface area contributed by atoms with Crippen molar-refractivity contribution >= 4 is 0 Å². The maximum Gasteiger partial charge on any atom is -0.00438 e. The zero-order valence-electron chi connectivity index (χ0n) is 8.88. The van der Waals surface area contributed by atoms with Crippen molar-refractivity contribution in [2.75, 3.05) is 13.1 Å². The van der Waals surface area contributed by atoms with Crippen LogP contribution in [0.15, 0.2) is 0 Å². The molecule has 0 aromatic heterocycles. The fourth-order valence-electron chi connectivity index (χ4n) is 1.73. The maximum absolute atomic E-state index is 5.73. The van der Waals surface area contributed by atoms with Crippen molar-refractivity contribution in [2.24, 2.45) is 35.1 Å². The van der Waals surface area contributed by atoms with E-state index in [1.54, 1.807) is 0 Å². The maximum atomic E-state index is 5.73. The molecule has 2 heteroatoms. The Morgan fingerprint density at radius 1 is 0.917 bits per heavy atom. The standard InChI is InChI=1S/C10H24N2/c1-7(2)10(6-12)9(4)8(3)5-11/h7-10H,5-6,11-12H2,1-4H3. The van der Waals surface area contributed by atoms with Crippen LogP contribution in [-0.4, -0.2) is 13.1 Å². The summed E-state index contributed by atoms with van der Waals surface area (Å²) in [6, 6.07) is 0. The van der Waals surface area contributed by atoms with Crippen molar-refractivity contribution in [3.05, 3.63) is 0 Å². The van der Waals surface area contributed by atoms with Crippen LogP contribution in [0.1, 0.15) is 27.7 Å². The van der Waals surface area contributed by atoms with E-state index < -0.39 is 0 Å². The second-order valence-corrected chi connectivity index (χ2v) is 4.22. The Kier molecular flexibility index (Phi) is 5.51. The van der Waals surface area contributed by atoms with Gasteiger partial charge in [0, 0.05) is 0 Å². The third kappa shape index (κ3) is 3.11. The third-order valence-electron chi connectivity index (χ3n) is 3.07. The number of rotatable bonds is 5. The third-order valence-corrected chi connectivity index (χ3v) is 3.07. The smallest absolute Gasteiger partial charge is 0.00438 e. The summed E-state index contributed by atoms with van der Waals surface area (Å²) in [5.74, 6) is 2.50. The molecule has 0 aliphatic carbocycles. The van der Waals surface area contributed by atoms with E-state index in [0.29, 0.717) is 23.7 Å². The van der Waals surface area contributed by atoms with Crippen molar-refractivity contribution in [2.45, 2.75) is 27.7 Å². The topological polar surface area (TPSA) is 52.0 Å². The zero-order chi connectivity index (χ0) is 9.72. The molecule has 0 bridgehead atoms. The van der Waals surface area contributed by atoms with Gasteiger partial charge in [-0.3, -0.25) is 0 Å². The molecule has 0 fully saturated rings. The second-order valence-electron chi connectivity index (χ2n) is 4.22. The van der Waals surface area contributed by atoms with Crippen LogP contribution in [0.4, 0.5) is 0 Å². The molecule has 0 saturated carbocycles. The minimum absolute atomic E-state index is 0.584. The largest absolute Gasteiger partial charge is 0.330 e. The van der Waals surface area contributed by atoms with E-state index in [4.69, 9.17) is 11.5 Å². The monoisotopic (exact) mass is 172 g/mol. The summed E-state index contributed by atoms with van der Waals surface area (Å²) in [6.45, 7) is 10.5. The van der Waals surface area contributed by atoms with Gasteiger partial charge in [0.15, 0.2) is 0 Å². The minimum atomic E-state index is 0.584. The molecule has 0 aliphatic heterocycles. The quantitative estimate of drug-likeness (QED) is 0.659. The summed E-state index contributed by atoms with van der Waals surface area (Å²) in [5, 5.41) is 0. The Balaban J connectivity index is 4.10. The fourth-order valence-corrected chi connectivity index (χ4v) is 1.73. The van der Waals surface area contributed by atoms with E-state index in [0.717, 1.165) is 13.1 Å². The molecule has 0 radical (unpaired) electrons. The van der Waals surface area contributed by atoms with E-state index in [9.17, 15) is 0 Å². The van der Waals surface area contributed by atoms with Crippen LogP contribution < -0.4 is 11.5 Å². The SMILES string of the molecule is CC(C)C(CN)C(C)C(C)CN. The van der Waals surface area contributed by atoms with Crippen LogP contribution in [0.5, 0.6) is 0 Å². The first kappa shape index (κ1) is 11.9. The summed E-state index contributed by atoms with van der Waals surface area (Å²) in [5.41, 5.74) is 11.4. The molecule has 0 aliphatic rings. The predicted molar refractivity (Wildman–Crippen MR) is 54.8 cm³/mol. The van der Waals surface area contributed by atoms with E-state index in [-0.39, 0.29) is 0 Å². The molecule has 2 nitrogen and oxygen atoms in total. The van der Waals surface area contributed by atoms with Gasteiger partial charge in [-0.2, -0.15) is 0 Å². The lowest BCUT2D eigenvalue weighted by atomic mass is 9.78. The summed E-state index contributed by atoms with van der Waals surface area (Å²) in [4.78, 5) is 0. The van der Waals surface area contributed by atoms with Gasteiger partial charge in [-0.15, -0.1) is 0 Å². The van der Waals surface area contributed by atoms with Gasteiger partial charge in [0.25, 0.3) is 0 Å². The molecule has 0 heterocycles. The number of hydrogen-bond donors (Lipinski definition) is 2. The Labute approximate surface area is 76.7 Å². The Morgan fingerprint density at radius 3 is 1.67 bits per heavy atom. The Morgan fingerprint density at radius 2 is 1.42 bits per heavy atom. The van der Waals surface area contributed by atoms with Crippen molar-refractivity contribution < 1.29 is 0 Å². The first-order chi connectivity index (χ1) is 5.54. The van der Waals surface area contributed by atoms with E-state index >= 15 is 0 Å². The highest BCUT2D eigenvalue weighted by Gasteiger charge is 2.23. The van der Waals surface area contributed by atoms with Crippen LogP contribution in [-0.2, 0) is 0 Å². The van der Waals surface area contributed by atoms with Gasteiger partial charge in [0.1, 0.15) is 0 Å². The van der Waals surface area contributed by atoms with Gasteiger partial charge in [0.2, 0.25) is 0 Å². The zero-order valence-corrected chi connectivity index (χ0v) is 8.88. The van der Waals surface area contributed by atoms with Crippen LogP contribution in [0.3, 0.4) is 0 Å².